The minimum Gasteiger partial charge on any atom is -0.353 e. The topological polar surface area (TPSA) is 194 Å². The number of hydrogen-bond donors (Lipinski definition) is 2. The Labute approximate surface area is 345 Å². The summed E-state index contributed by atoms with van der Waals surface area (Å²) >= 11 is 0. The summed E-state index contributed by atoms with van der Waals surface area (Å²) in [6.07, 6.45) is 5.41. The molecule has 0 unspecified atom stereocenters. The van der Waals surface area contributed by atoms with E-state index in [2.05, 4.69) is 19.9 Å². The molecule has 3 aromatic heterocycles. The van der Waals surface area contributed by atoms with Crippen LogP contribution < -0.4 is 0 Å². The highest BCUT2D eigenvalue weighted by Crippen LogP contribution is 2.37. The lowest BCUT2D eigenvalue weighted by molar-refractivity contribution is 0.594. The molecule has 2 aliphatic heterocycles. The number of H-pyrrole nitrogens is 2. The van der Waals surface area contributed by atoms with Crippen molar-refractivity contribution in [2.75, 3.05) is 0 Å². The summed E-state index contributed by atoms with van der Waals surface area (Å²) in [6.45, 7) is 0. The molecular weight excluding hydrogens is 841 g/mol. The smallest absolute Gasteiger partial charge is 0.210 e. The molecule has 60 heavy (non-hydrogen) atoms. The third kappa shape index (κ3) is 6.49. The van der Waals surface area contributed by atoms with Gasteiger partial charge in [0.2, 0.25) is 39.3 Å². The first-order valence-corrected chi connectivity index (χ1v) is 24.1. The fourth-order valence-electron chi connectivity index (χ4n) is 7.10. The summed E-state index contributed by atoms with van der Waals surface area (Å²) in [6, 6.07) is 35.8. The molecule has 4 aromatic carbocycles. The Hall–Kier alpha value is -6.72. The van der Waals surface area contributed by atoms with Gasteiger partial charge >= 0.3 is 0 Å². The Morgan fingerprint density at radius 3 is 0.817 bits per heavy atom. The predicted molar refractivity (Wildman–Crippen MR) is 226 cm³/mol. The zero-order chi connectivity index (χ0) is 41.9. The number of fused-ring (bicyclic) bond motifs is 8. The van der Waals surface area contributed by atoms with Crippen LogP contribution in [0, 0.1) is 0 Å². The van der Waals surface area contributed by atoms with Crippen LogP contribution in [-0.2, 0) is 39.3 Å². The SMILES string of the molecule is O=S(=O)(c1ccccc1)c1c2nc(c(S(=O)(=O)c3ccccc3)c3ccc([nH]3)c(S(=O)(=O)c3ccccc3)c3ccc([nH]3)c(S(=O)(=O)c3ccccc3)c3nc1C=C3)C=C2. The molecular formula is C44H30N4O8S4. The lowest BCUT2D eigenvalue weighted by atomic mass is 10.3. The van der Waals surface area contributed by atoms with Crippen molar-refractivity contribution in [1.29, 1.82) is 0 Å². The number of aromatic nitrogens is 4. The van der Waals surface area contributed by atoms with Crippen molar-refractivity contribution in [3.63, 3.8) is 0 Å². The molecule has 9 rings (SSSR count). The van der Waals surface area contributed by atoms with Gasteiger partial charge in [-0.05, 0) is 97.1 Å². The van der Waals surface area contributed by atoms with E-state index in [1.54, 1.807) is 72.8 Å². The summed E-state index contributed by atoms with van der Waals surface area (Å²) < 4.78 is 117. The Morgan fingerprint density at radius 1 is 0.283 bits per heavy atom. The number of nitrogens with zero attached hydrogens (tertiary/aromatic N) is 2. The fraction of sp³-hybridized carbons (Fsp3) is 0. The van der Waals surface area contributed by atoms with E-state index < -0.39 is 44.2 Å². The molecule has 298 valence electrons. The molecule has 0 saturated heterocycles. The summed E-state index contributed by atoms with van der Waals surface area (Å²) in [4.78, 5) is 13.5. The molecule has 0 fully saturated rings. The monoisotopic (exact) mass is 870 g/mol. The van der Waals surface area contributed by atoms with E-state index in [0.29, 0.717) is 0 Å². The van der Waals surface area contributed by atoms with Gasteiger partial charge in [-0.2, -0.15) is 0 Å². The van der Waals surface area contributed by atoms with Gasteiger partial charge in [0, 0.05) is 0 Å². The first-order chi connectivity index (χ1) is 28.8. The number of benzene rings is 4. The Morgan fingerprint density at radius 2 is 0.517 bits per heavy atom. The third-order valence-corrected chi connectivity index (χ3v) is 17.3. The summed E-state index contributed by atoms with van der Waals surface area (Å²) in [5.74, 6) is 0. The largest absolute Gasteiger partial charge is 0.353 e. The van der Waals surface area contributed by atoms with Gasteiger partial charge in [-0.1, -0.05) is 72.8 Å². The van der Waals surface area contributed by atoms with Crippen LogP contribution >= 0.6 is 0 Å². The molecule has 5 heterocycles. The van der Waals surface area contributed by atoms with E-state index in [9.17, 15) is 33.7 Å². The number of aromatic amines is 2. The minimum absolute atomic E-state index is 0.0398. The Bertz CT molecular complexity index is 3400. The highest BCUT2D eigenvalue weighted by molar-refractivity contribution is 7.92. The van der Waals surface area contributed by atoms with E-state index in [-0.39, 0.29) is 79.1 Å². The van der Waals surface area contributed by atoms with Gasteiger partial charge in [-0.3, -0.25) is 0 Å². The molecule has 0 amide bonds. The van der Waals surface area contributed by atoms with E-state index in [1.807, 2.05) is 0 Å². The zero-order valence-electron chi connectivity index (χ0n) is 31.0. The second-order valence-corrected chi connectivity index (χ2v) is 21.1. The van der Waals surface area contributed by atoms with Gasteiger partial charge in [-0.25, -0.2) is 43.6 Å². The van der Waals surface area contributed by atoms with Gasteiger partial charge in [-0.15, -0.1) is 0 Å². The van der Waals surface area contributed by atoms with E-state index in [0.717, 1.165) is 0 Å². The molecule has 0 atom stereocenters. The predicted octanol–water partition coefficient (Wildman–Crippen LogP) is 7.99. The summed E-state index contributed by atoms with van der Waals surface area (Å²) in [5.41, 5.74) is -0.857. The van der Waals surface area contributed by atoms with Crippen LogP contribution in [0.1, 0.15) is 22.8 Å². The maximum Gasteiger partial charge on any atom is 0.210 e. The molecule has 12 nitrogen and oxygen atoms in total. The van der Waals surface area contributed by atoms with Gasteiger partial charge in [0.05, 0.1) is 64.4 Å². The van der Waals surface area contributed by atoms with Crippen molar-refractivity contribution in [2.45, 2.75) is 39.2 Å². The van der Waals surface area contributed by atoms with E-state index >= 15 is 0 Å². The van der Waals surface area contributed by atoms with Crippen molar-refractivity contribution in [3.05, 3.63) is 168 Å². The van der Waals surface area contributed by atoms with Gasteiger partial charge < -0.3 is 9.97 Å². The second kappa shape index (κ2) is 14.5. The van der Waals surface area contributed by atoms with Crippen LogP contribution in [-0.4, -0.2) is 53.6 Å². The Kier molecular flexibility index (Phi) is 9.39. The van der Waals surface area contributed by atoms with Crippen LogP contribution in [0.5, 0.6) is 0 Å². The number of rotatable bonds is 8. The van der Waals surface area contributed by atoms with Crippen molar-refractivity contribution >= 4 is 85.7 Å². The molecule has 0 radical (unpaired) electrons. The molecule has 7 aromatic rings. The first kappa shape index (κ1) is 38.8. The average Bonchev–Trinajstić information content (AvgIpc) is 4.10. The molecule has 0 aliphatic carbocycles. The maximum atomic E-state index is 14.7. The first-order valence-electron chi connectivity index (χ1n) is 18.1. The molecule has 2 aliphatic rings. The maximum absolute atomic E-state index is 14.7. The minimum atomic E-state index is -4.47. The van der Waals surface area contributed by atoms with Gasteiger partial charge in [0.25, 0.3) is 0 Å². The van der Waals surface area contributed by atoms with Crippen LogP contribution in [0.25, 0.3) is 46.4 Å². The van der Waals surface area contributed by atoms with Crippen molar-refractivity contribution < 1.29 is 33.7 Å². The van der Waals surface area contributed by atoms with Crippen molar-refractivity contribution in [2.24, 2.45) is 0 Å². The fourth-order valence-corrected chi connectivity index (χ4v) is 13.3. The van der Waals surface area contributed by atoms with E-state index in [4.69, 9.17) is 0 Å². The molecule has 2 N–H and O–H groups in total. The standard InChI is InChI=1S/C44H30N4O8S4/c49-57(50,29-13-5-1-6-14-29)41-33-21-23-35(45-33)42(58(51,52)30-15-7-2-8-16-30)37-25-27-39(47-37)44(60(55,56)32-19-11-4-12-20-32)40-28-26-38(48-40)43(36-24-22-34(41)46-36)59(53,54)31-17-9-3-10-18-31/h1-28,45-46H. The highest BCUT2D eigenvalue weighted by Gasteiger charge is 2.32. The summed E-state index contributed by atoms with van der Waals surface area (Å²) in [7, 11) is -17.8. The molecule has 16 heteroatoms. The molecule has 0 saturated carbocycles. The number of sulfone groups is 4. The highest BCUT2D eigenvalue weighted by atomic mass is 32.2. The third-order valence-electron chi connectivity index (χ3n) is 9.85. The normalized spacial score (nSPS) is 13.1. The van der Waals surface area contributed by atoms with Crippen molar-refractivity contribution in [3.8, 4) is 0 Å². The lowest BCUT2D eigenvalue weighted by Crippen LogP contribution is -2.08. The van der Waals surface area contributed by atoms with Gasteiger partial charge in [0.1, 0.15) is 19.6 Å². The quantitative estimate of drug-likeness (QED) is 0.151. The van der Waals surface area contributed by atoms with Crippen molar-refractivity contribution in [1.82, 2.24) is 19.9 Å². The Balaban J connectivity index is 1.51. The zero-order valence-corrected chi connectivity index (χ0v) is 34.2. The molecule has 0 spiro atoms. The van der Waals surface area contributed by atoms with Crippen LogP contribution in [0.4, 0.5) is 0 Å². The van der Waals surface area contributed by atoms with Gasteiger partial charge in [0.15, 0.2) is 0 Å². The number of nitrogens with one attached hydrogen (secondary N) is 2. The average molecular weight is 871 g/mol. The van der Waals surface area contributed by atoms with Crippen LogP contribution in [0.2, 0.25) is 0 Å². The van der Waals surface area contributed by atoms with E-state index in [1.165, 1.54) is 97.1 Å². The summed E-state index contributed by atoms with van der Waals surface area (Å²) in [5, 5.41) is 0. The lowest BCUT2D eigenvalue weighted by Gasteiger charge is -2.08. The second-order valence-electron chi connectivity index (χ2n) is 13.6. The number of hydrogen-bond acceptors (Lipinski definition) is 10. The van der Waals surface area contributed by atoms with Crippen LogP contribution in [0.15, 0.2) is 185 Å². The molecule has 8 bridgehead atoms. The van der Waals surface area contributed by atoms with Crippen LogP contribution in [0.3, 0.4) is 0 Å².